The van der Waals surface area contributed by atoms with Crippen LogP contribution in [0.4, 0.5) is 0 Å². The molecular formula is C14H20N2OS. The number of hydrogen-bond acceptors (Lipinski definition) is 2. The molecule has 3 nitrogen and oxygen atoms in total. The zero-order valence-corrected chi connectivity index (χ0v) is 12.2. The van der Waals surface area contributed by atoms with E-state index in [1.54, 1.807) is 0 Å². The second kappa shape index (κ2) is 5.14. The summed E-state index contributed by atoms with van der Waals surface area (Å²) in [5.74, 6) is 0.871. The summed E-state index contributed by atoms with van der Waals surface area (Å²) in [5.41, 5.74) is 2.11. The maximum Gasteiger partial charge on any atom is 0.178 e. The standard InChI is InChI=1S/C14H20N2OS/c1-5-10(4)16-11-7-6-8-12(17-9(2)3)13(11)15-14(16)18/h6-10H,5H2,1-4H3,(H,15,18). The topological polar surface area (TPSA) is 29.9 Å². The first kappa shape index (κ1) is 13.1. The molecule has 0 bridgehead atoms. The average Bonchev–Trinajstić information content (AvgIpc) is 2.65. The van der Waals surface area contributed by atoms with Crippen LogP contribution in [0.5, 0.6) is 5.75 Å². The third-order valence-electron chi connectivity index (χ3n) is 3.11. The Balaban J connectivity index is 2.63. The number of aromatic nitrogens is 2. The number of nitrogens with zero attached hydrogens (tertiary/aromatic N) is 1. The summed E-state index contributed by atoms with van der Waals surface area (Å²) >= 11 is 5.42. The molecule has 0 amide bonds. The van der Waals surface area contributed by atoms with Crippen LogP contribution in [-0.2, 0) is 0 Å². The maximum absolute atomic E-state index is 5.82. The number of H-pyrrole nitrogens is 1. The first-order chi connectivity index (χ1) is 8.54. The lowest BCUT2D eigenvalue weighted by molar-refractivity contribution is 0.245. The van der Waals surface area contributed by atoms with Gasteiger partial charge < -0.3 is 14.3 Å². The predicted molar refractivity (Wildman–Crippen MR) is 77.9 cm³/mol. The van der Waals surface area contributed by atoms with Crippen LogP contribution in [0.2, 0.25) is 0 Å². The van der Waals surface area contributed by atoms with E-state index in [-0.39, 0.29) is 6.10 Å². The van der Waals surface area contributed by atoms with E-state index in [4.69, 9.17) is 17.0 Å². The monoisotopic (exact) mass is 264 g/mol. The Kier molecular flexibility index (Phi) is 3.76. The highest BCUT2D eigenvalue weighted by atomic mass is 32.1. The molecule has 0 aliphatic rings. The number of fused-ring (bicyclic) bond motifs is 1. The minimum absolute atomic E-state index is 0.157. The number of rotatable bonds is 4. The molecule has 98 valence electrons. The van der Waals surface area contributed by atoms with Crippen LogP contribution in [0.25, 0.3) is 11.0 Å². The number of imidazole rings is 1. The number of hydrogen-bond donors (Lipinski definition) is 1. The molecule has 0 saturated heterocycles. The molecule has 2 rings (SSSR count). The van der Waals surface area contributed by atoms with Crippen molar-refractivity contribution < 1.29 is 4.74 Å². The third-order valence-corrected chi connectivity index (χ3v) is 3.41. The van der Waals surface area contributed by atoms with Crippen molar-refractivity contribution in [3.63, 3.8) is 0 Å². The summed E-state index contributed by atoms with van der Waals surface area (Å²) in [5, 5.41) is 0. The zero-order valence-electron chi connectivity index (χ0n) is 11.4. The Labute approximate surface area is 113 Å². The molecule has 1 unspecified atom stereocenters. The van der Waals surface area contributed by atoms with Crippen molar-refractivity contribution in [2.75, 3.05) is 0 Å². The highest BCUT2D eigenvalue weighted by molar-refractivity contribution is 7.71. The summed E-state index contributed by atoms with van der Waals surface area (Å²) in [7, 11) is 0. The molecule has 0 spiro atoms. The summed E-state index contributed by atoms with van der Waals surface area (Å²) in [4.78, 5) is 3.27. The van der Waals surface area contributed by atoms with Crippen molar-refractivity contribution in [1.29, 1.82) is 0 Å². The fraction of sp³-hybridized carbons (Fsp3) is 0.500. The quantitative estimate of drug-likeness (QED) is 0.826. The molecular weight excluding hydrogens is 244 g/mol. The van der Waals surface area contributed by atoms with E-state index in [1.165, 1.54) is 0 Å². The van der Waals surface area contributed by atoms with Crippen molar-refractivity contribution in [3.05, 3.63) is 23.0 Å². The molecule has 0 fully saturated rings. The van der Waals surface area contributed by atoms with Crippen LogP contribution >= 0.6 is 12.2 Å². The van der Waals surface area contributed by atoms with Crippen LogP contribution < -0.4 is 4.74 Å². The normalized spacial score (nSPS) is 13.2. The fourth-order valence-corrected chi connectivity index (χ4v) is 2.48. The summed E-state index contributed by atoms with van der Waals surface area (Å²) in [6.45, 7) is 8.40. The van der Waals surface area contributed by atoms with E-state index < -0.39 is 0 Å². The lowest BCUT2D eigenvalue weighted by Crippen LogP contribution is -2.06. The van der Waals surface area contributed by atoms with Gasteiger partial charge in [0.05, 0.1) is 11.6 Å². The zero-order chi connectivity index (χ0) is 13.3. The SMILES string of the molecule is CCC(C)n1c(=S)[nH]c2c(OC(C)C)cccc21. The van der Waals surface area contributed by atoms with Gasteiger partial charge in [-0.3, -0.25) is 0 Å². The highest BCUT2D eigenvalue weighted by Gasteiger charge is 2.13. The van der Waals surface area contributed by atoms with Crippen LogP contribution in [0.15, 0.2) is 18.2 Å². The second-order valence-corrected chi connectivity index (χ2v) is 5.26. The first-order valence-corrected chi connectivity index (χ1v) is 6.85. The molecule has 2 aromatic rings. The average molecular weight is 264 g/mol. The molecule has 0 saturated carbocycles. The van der Waals surface area contributed by atoms with Gasteiger partial charge >= 0.3 is 0 Å². The van der Waals surface area contributed by atoms with Gasteiger partial charge in [0, 0.05) is 6.04 Å². The molecule has 1 aromatic carbocycles. The van der Waals surface area contributed by atoms with E-state index in [1.807, 2.05) is 26.0 Å². The van der Waals surface area contributed by atoms with Crippen molar-refractivity contribution in [2.45, 2.75) is 46.3 Å². The minimum Gasteiger partial charge on any atom is -0.489 e. The molecule has 0 aliphatic carbocycles. The van der Waals surface area contributed by atoms with Gasteiger partial charge in [0.15, 0.2) is 4.77 Å². The summed E-state index contributed by atoms with van der Waals surface area (Å²) in [6.07, 6.45) is 1.21. The Hall–Kier alpha value is -1.29. The summed E-state index contributed by atoms with van der Waals surface area (Å²) < 4.78 is 8.75. The Morgan fingerprint density at radius 2 is 2.06 bits per heavy atom. The highest BCUT2D eigenvalue weighted by Crippen LogP contribution is 2.28. The number of nitrogens with one attached hydrogen (secondary N) is 1. The van der Waals surface area contributed by atoms with Crippen LogP contribution in [0, 0.1) is 4.77 Å². The van der Waals surface area contributed by atoms with E-state index in [0.29, 0.717) is 6.04 Å². The molecule has 1 atom stereocenters. The molecule has 0 aliphatic heterocycles. The van der Waals surface area contributed by atoms with Gasteiger partial charge in [-0.05, 0) is 51.5 Å². The van der Waals surface area contributed by atoms with E-state index >= 15 is 0 Å². The van der Waals surface area contributed by atoms with E-state index in [2.05, 4.69) is 29.5 Å². The van der Waals surface area contributed by atoms with Gasteiger partial charge in [-0.2, -0.15) is 0 Å². The molecule has 0 radical (unpaired) electrons. The van der Waals surface area contributed by atoms with Crippen molar-refractivity contribution in [1.82, 2.24) is 9.55 Å². The van der Waals surface area contributed by atoms with E-state index in [9.17, 15) is 0 Å². The van der Waals surface area contributed by atoms with Gasteiger partial charge in [-0.15, -0.1) is 0 Å². The molecule has 1 heterocycles. The largest absolute Gasteiger partial charge is 0.489 e. The molecule has 1 N–H and O–H groups in total. The minimum atomic E-state index is 0.157. The maximum atomic E-state index is 5.82. The van der Waals surface area contributed by atoms with Gasteiger partial charge in [-0.25, -0.2) is 0 Å². The van der Waals surface area contributed by atoms with Crippen molar-refractivity contribution in [2.24, 2.45) is 0 Å². The van der Waals surface area contributed by atoms with Gasteiger partial charge in [0.2, 0.25) is 0 Å². The van der Waals surface area contributed by atoms with Crippen molar-refractivity contribution >= 4 is 23.3 Å². The van der Waals surface area contributed by atoms with Crippen LogP contribution in [-0.4, -0.2) is 15.7 Å². The van der Waals surface area contributed by atoms with Gasteiger partial charge in [0.1, 0.15) is 11.3 Å². The molecule has 4 heteroatoms. The fourth-order valence-electron chi connectivity index (χ4n) is 2.09. The smallest absolute Gasteiger partial charge is 0.178 e. The molecule has 1 aromatic heterocycles. The Bertz CT molecular complexity index is 597. The van der Waals surface area contributed by atoms with Crippen LogP contribution in [0.3, 0.4) is 0 Å². The number of benzene rings is 1. The first-order valence-electron chi connectivity index (χ1n) is 6.44. The molecule has 18 heavy (non-hydrogen) atoms. The third kappa shape index (κ3) is 2.29. The van der Waals surface area contributed by atoms with Gasteiger partial charge in [0.25, 0.3) is 0 Å². The van der Waals surface area contributed by atoms with E-state index in [0.717, 1.165) is 28.0 Å². The number of aromatic amines is 1. The van der Waals surface area contributed by atoms with Gasteiger partial charge in [-0.1, -0.05) is 13.0 Å². The Morgan fingerprint density at radius 1 is 1.33 bits per heavy atom. The Morgan fingerprint density at radius 3 is 2.67 bits per heavy atom. The summed E-state index contributed by atoms with van der Waals surface area (Å²) in [6, 6.07) is 6.47. The second-order valence-electron chi connectivity index (χ2n) is 4.87. The predicted octanol–water partition coefficient (Wildman–Crippen LogP) is 4.46. The number of ether oxygens (including phenoxy) is 1. The lowest BCUT2D eigenvalue weighted by atomic mass is 10.2. The lowest BCUT2D eigenvalue weighted by Gasteiger charge is -2.13. The number of para-hydroxylation sites is 1. The van der Waals surface area contributed by atoms with Crippen LogP contribution in [0.1, 0.15) is 40.2 Å². The van der Waals surface area contributed by atoms with Crippen molar-refractivity contribution in [3.8, 4) is 5.75 Å².